The zero-order valence-electron chi connectivity index (χ0n) is 16.5. The molecule has 0 aromatic heterocycles. The van der Waals surface area contributed by atoms with Crippen molar-refractivity contribution in [2.45, 2.75) is 89.8 Å². The van der Waals surface area contributed by atoms with E-state index in [1.807, 2.05) is 13.8 Å². The molecule has 2 rings (SSSR count). The standard InChI is InChI=1S/C22H34O4/c1-18(11-7-4-5-8-12-19-13-9-6-10-14-19)15-21(2)17-22(3,26-25-21)16-20(23)24/h6,9-10,13-14,18H,4-5,7-8,11-12,15-17H2,1-3H3,(H,23,24). The number of unbranched alkanes of at least 4 members (excludes halogenated alkanes) is 3. The molecule has 0 spiro atoms. The zero-order chi connectivity index (χ0) is 19.0. The van der Waals surface area contributed by atoms with Crippen molar-refractivity contribution in [3.05, 3.63) is 35.9 Å². The van der Waals surface area contributed by atoms with Gasteiger partial charge in [0.05, 0.1) is 6.42 Å². The summed E-state index contributed by atoms with van der Waals surface area (Å²) in [7, 11) is 0. The molecule has 0 bridgehead atoms. The number of carboxylic acids is 1. The van der Waals surface area contributed by atoms with Crippen molar-refractivity contribution in [3.63, 3.8) is 0 Å². The van der Waals surface area contributed by atoms with Crippen LogP contribution in [0.25, 0.3) is 0 Å². The Labute approximate surface area is 157 Å². The van der Waals surface area contributed by atoms with Crippen molar-refractivity contribution >= 4 is 5.97 Å². The van der Waals surface area contributed by atoms with Crippen LogP contribution in [-0.4, -0.2) is 22.3 Å². The molecule has 3 atom stereocenters. The van der Waals surface area contributed by atoms with Crippen LogP contribution >= 0.6 is 0 Å². The molecule has 1 aromatic rings. The van der Waals surface area contributed by atoms with E-state index in [1.165, 1.54) is 44.1 Å². The van der Waals surface area contributed by atoms with Crippen LogP contribution in [0.4, 0.5) is 0 Å². The van der Waals surface area contributed by atoms with E-state index in [9.17, 15) is 4.79 Å². The number of aliphatic carboxylic acids is 1. The Kier molecular flexibility index (Phi) is 7.66. The predicted octanol–water partition coefficient (Wildman–Crippen LogP) is 5.55. The summed E-state index contributed by atoms with van der Waals surface area (Å²) in [6.07, 6.45) is 8.90. The van der Waals surface area contributed by atoms with Gasteiger partial charge in [-0.1, -0.05) is 62.9 Å². The maximum atomic E-state index is 11.0. The van der Waals surface area contributed by atoms with Gasteiger partial charge in [0.25, 0.3) is 0 Å². The third-order valence-electron chi connectivity index (χ3n) is 5.25. The van der Waals surface area contributed by atoms with Crippen LogP contribution in [0, 0.1) is 5.92 Å². The molecule has 4 heteroatoms. The average molecular weight is 363 g/mol. The quantitative estimate of drug-likeness (QED) is 0.414. The van der Waals surface area contributed by atoms with Crippen molar-refractivity contribution < 1.29 is 19.7 Å². The number of carboxylic acid groups (broad SMARTS) is 1. The van der Waals surface area contributed by atoms with Crippen molar-refractivity contribution in [1.82, 2.24) is 0 Å². The SMILES string of the molecule is CC(CCCCCCc1ccccc1)CC1(C)CC(C)(CC(=O)O)OO1. The van der Waals surface area contributed by atoms with Crippen LogP contribution in [0.15, 0.2) is 30.3 Å². The normalized spacial score (nSPS) is 26.7. The molecule has 146 valence electrons. The van der Waals surface area contributed by atoms with Crippen LogP contribution < -0.4 is 0 Å². The molecule has 0 radical (unpaired) electrons. The summed E-state index contributed by atoms with van der Waals surface area (Å²) in [4.78, 5) is 21.9. The summed E-state index contributed by atoms with van der Waals surface area (Å²) in [5.74, 6) is -0.297. The molecule has 0 aliphatic carbocycles. The topological polar surface area (TPSA) is 55.8 Å². The van der Waals surface area contributed by atoms with Crippen LogP contribution in [0.1, 0.15) is 77.7 Å². The third-order valence-corrected chi connectivity index (χ3v) is 5.25. The van der Waals surface area contributed by atoms with E-state index in [0.717, 1.165) is 6.42 Å². The molecule has 1 fully saturated rings. The van der Waals surface area contributed by atoms with Gasteiger partial charge in [0, 0.05) is 6.42 Å². The highest BCUT2D eigenvalue weighted by atomic mass is 17.2. The Morgan fingerprint density at radius 3 is 2.42 bits per heavy atom. The smallest absolute Gasteiger partial charge is 0.306 e. The highest BCUT2D eigenvalue weighted by molar-refractivity contribution is 5.68. The molecular weight excluding hydrogens is 328 g/mol. The van der Waals surface area contributed by atoms with Gasteiger partial charge >= 0.3 is 5.97 Å². The van der Waals surface area contributed by atoms with Gasteiger partial charge < -0.3 is 5.11 Å². The lowest BCUT2D eigenvalue weighted by Crippen LogP contribution is -2.31. The van der Waals surface area contributed by atoms with Crippen molar-refractivity contribution in [3.8, 4) is 0 Å². The Balaban J connectivity index is 1.60. The molecule has 0 saturated carbocycles. The lowest BCUT2D eigenvalue weighted by molar-refractivity contribution is -0.346. The highest BCUT2D eigenvalue weighted by Crippen LogP contribution is 2.42. The minimum atomic E-state index is -0.844. The number of benzene rings is 1. The van der Waals surface area contributed by atoms with Gasteiger partial charge in [0.1, 0.15) is 11.2 Å². The van der Waals surface area contributed by atoms with E-state index >= 15 is 0 Å². The van der Waals surface area contributed by atoms with Crippen molar-refractivity contribution in [2.75, 3.05) is 0 Å². The van der Waals surface area contributed by atoms with E-state index in [0.29, 0.717) is 12.3 Å². The molecule has 26 heavy (non-hydrogen) atoms. The number of hydrogen-bond acceptors (Lipinski definition) is 3. The second kappa shape index (κ2) is 9.52. The van der Waals surface area contributed by atoms with Crippen LogP contribution in [0.3, 0.4) is 0 Å². The Morgan fingerprint density at radius 1 is 1.08 bits per heavy atom. The fourth-order valence-electron chi connectivity index (χ4n) is 4.23. The van der Waals surface area contributed by atoms with Crippen molar-refractivity contribution in [2.24, 2.45) is 5.92 Å². The summed E-state index contributed by atoms with van der Waals surface area (Å²) >= 11 is 0. The van der Waals surface area contributed by atoms with Gasteiger partial charge in [-0.3, -0.25) is 4.79 Å². The molecule has 1 saturated heterocycles. The zero-order valence-corrected chi connectivity index (χ0v) is 16.5. The molecule has 1 heterocycles. The first kappa shape index (κ1) is 20.9. The molecule has 3 unspecified atom stereocenters. The van der Waals surface area contributed by atoms with Gasteiger partial charge in [-0.25, -0.2) is 9.78 Å². The first-order valence-electron chi connectivity index (χ1n) is 9.93. The lowest BCUT2D eigenvalue weighted by Gasteiger charge is -2.25. The number of aryl methyl sites for hydroxylation is 1. The largest absolute Gasteiger partial charge is 0.481 e. The van der Waals surface area contributed by atoms with E-state index in [2.05, 4.69) is 37.3 Å². The Hall–Kier alpha value is -1.39. The van der Waals surface area contributed by atoms with Gasteiger partial charge in [-0.05, 0) is 44.6 Å². The van der Waals surface area contributed by atoms with Gasteiger partial charge in [0.2, 0.25) is 0 Å². The molecule has 1 aromatic carbocycles. The highest BCUT2D eigenvalue weighted by Gasteiger charge is 2.47. The molecule has 1 aliphatic heterocycles. The average Bonchev–Trinajstić information content (AvgIpc) is 2.85. The maximum Gasteiger partial charge on any atom is 0.306 e. The van der Waals surface area contributed by atoms with Crippen molar-refractivity contribution in [1.29, 1.82) is 0 Å². The molecule has 1 aliphatic rings. The molecule has 4 nitrogen and oxygen atoms in total. The monoisotopic (exact) mass is 362 g/mol. The summed E-state index contributed by atoms with van der Waals surface area (Å²) in [5.41, 5.74) is 0.339. The van der Waals surface area contributed by atoms with Crippen LogP contribution in [0.5, 0.6) is 0 Å². The second-order valence-electron chi connectivity index (χ2n) is 8.56. The first-order valence-corrected chi connectivity index (χ1v) is 9.93. The third kappa shape index (κ3) is 7.08. The van der Waals surface area contributed by atoms with E-state index < -0.39 is 11.6 Å². The minimum absolute atomic E-state index is 0.0155. The Morgan fingerprint density at radius 2 is 1.73 bits per heavy atom. The summed E-state index contributed by atoms with van der Waals surface area (Å²) in [6.45, 7) is 6.12. The van der Waals surface area contributed by atoms with Crippen LogP contribution in [-0.2, 0) is 21.0 Å². The summed E-state index contributed by atoms with van der Waals surface area (Å²) in [5, 5.41) is 9.02. The lowest BCUT2D eigenvalue weighted by atomic mass is 9.81. The van der Waals surface area contributed by atoms with Gasteiger partial charge in [0.15, 0.2) is 0 Å². The summed E-state index contributed by atoms with van der Waals surface area (Å²) in [6, 6.07) is 10.7. The first-order chi connectivity index (χ1) is 12.3. The summed E-state index contributed by atoms with van der Waals surface area (Å²) < 4.78 is 0. The number of hydrogen-bond donors (Lipinski definition) is 1. The van der Waals surface area contributed by atoms with Gasteiger partial charge in [-0.15, -0.1) is 0 Å². The Bertz CT molecular complexity index is 559. The molecule has 0 amide bonds. The number of rotatable bonds is 11. The predicted molar refractivity (Wildman–Crippen MR) is 103 cm³/mol. The van der Waals surface area contributed by atoms with E-state index in [-0.39, 0.29) is 12.0 Å². The number of carbonyl (C=O) groups is 1. The second-order valence-corrected chi connectivity index (χ2v) is 8.56. The van der Waals surface area contributed by atoms with Crippen LogP contribution in [0.2, 0.25) is 0 Å². The van der Waals surface area contributed by atoms with Gasteiger partial charge in [-0.2, -0.15) is 0 Å². The molecular formula is C22H34O4. The van der Waals surface area contributed by atoms with E-state index in [4.69, 9.17) is 14.9 Å². The van der Waals surface area contributed by atoms with E-state index in [1.54, 1.807) is 0 Å². The molecule has 1 N–H and O–H groups in total. The maximum absolute atomic E-state index is 11.0. The fourth-order valence-corrected chi connectivity index (χ4v) is 4.23. The fraction of sp³-hybridized carbons (Fsp3) is 0.682. The minimum Gasteiger partial charge on any atom is -0.481 e.